The van der Waals surface area contributed by atoms with Crippen molar-refractivity contribution < 1.29 is 0 Å². The standard InChI is InChI=1S/C13H24N6/c1-10-11(17-14)15-9-16-12(10)18-5-7-19(8-6-18)13(2,3)4/h9H,5-8,14H2,1-4H3,(H,15,16,17). The summed E-state index contributed by atoms with van der Waals surface area (Å²) in [5.74, 6) is 7.14. The minimum Gasteiger partial charge on any atom is -0.354 e. The molecule has 0 atom stereocenters. The van der Waals surface area contributed by atoms with Crippen molar-refractivity contribution in [2.45, 2.75) is 33.2 Å². The molecule has 19 heavy (non-hydrogen) atoms. The fourth-order valence-corrected chi connectivity index (χ4v) is 2.49. The molecule has 0 amide bonds. The number of piperazine rings is 1. The van der Waals surface area contributed by atoms with Crippen LogP contribution in [0.2, 0.25) is 0 Å². The Labute approximate surface area is 115 Å². The van der Waals surface area contributed by atoms with Gasteiger partial charge in [-0.2, -0.15) is 0 Å². The summed E-state index contributed by atoms with van der Waals surface area (Å²) in [7, 11) is 0. The highest BCUT2D eigenvalue weighted by Crippen LogP contribution is 2.24. The monoisotopic (exact) mass is 264 g/mol. The third kappa shape index (κ3) is 2.96. The lowest BCUT2D eigenvalue weighted by Crippen LogP contribution is -2.53. The number of anilines is 2. The molecule has 1 aromatic rings. The van der Waals surface area contributed by atoms with Crippen LogP contribution in [-0.2, 0) is 0 Å². The summed E-state index contributed by atoms with van der Waals surface area (Å²) in [6.07, 6.45) is 1.56. The van der Waals surface area contributed by atoms with Crippen molar-refractivity contribution >= 4 is 11.6 Å². The number of nitrogens with zero attached hydrogens (tertiary/aromatic N) is 4. The van der Waals surface area contributed by atoms with Gasteiger partial charge in [0.15, 0.2) is 0 Å². The fraction of sp³-hybridized carbons (Fsp3) is 0.692. The highest BCUT2D eigenvalue weighted by molar-refractivity contribution is 5.57. The Balaban J connectivity index is 2.10. The molecular formula is C13H24N6. The molecule has 2 heterocycles. The molecule has 1 saturated heterocycles. The van der Waals surface area contributed by atoms with Crippen LogP contribution in [0, 0.1) is 6.92 Å². The first kappa shape index (κ1) is 14.0. The maximum Gasteiger partial charge on any atom is 0.148 e. The average Bonchev–Trinajstić information content (AvgIpc) is 2.38. The molecule has 6 heteroatoms. The van der Waals surface area contributed by atoms with Crippen LogP contribution in [0.25, 0.3) is 0 Å². The smallest absolute Gasteiger partial charge is 0.148 e. The van der Waals surface area contributed by atoms with Crippen LogP contribution in [0.15, 0.2) is 6.33 Å². The summed E-state index contributed by atoms with van der Waals surface area (Å²) in [4.78, 5) is 13.3. The maximum absolute atomic E-state index is 5.46. The summed E-state index contributed by atoms with van der Waals surface area (Å²) < 4.78 is 0. The van der Waals surface area contributed by atoms with Crippen molar-refractivity contribution in [3.8, 4) is 0 Å². The van der Waals surface area contributed by atoms with Gasteiger partial charge in [0.05, 0.1) is 0 Å². The molecule has 106 valence electrons. The zero-order chi connectivity index (χ0) is 14.0. The highest BCUT2D eigenvalue weighted by Gasteiger charge is 2.27. The van der Waals surface area contributed by atoms with Crippen molar-refractivity contribution in [3.05, 3.63) is 11.9 Å². The first-order chi connectivity index (χ1) is 8.93. The molecule has 1 aliphatic heterocycles. The van der Waals surface area contributed by atoms with Gasteiger partial charge in [-0.25, -0.2) is 15.8 Å². The van der Waals surface area contributed by atoms with Crippen molar-refractivity contribution in [2.24, 2.45) is 5.84 Å². The second-order valence-corrected chi connectivity index (χ2v) is 5.96. The van der Waals surface area contributed by atoms with Gasteiger partial charge in [0.2, 0.25) is 0 Å². The van der Waals surface area contributed by atoms with Gasteiger partial charge in [-0.05, 0) is 27.7 Å². The molecule has 0 unspecified atom stereocenters. The minimum absolute atomic E-state index is 0.233. The predicted molar refractivity (Wildman–Crippen MR) is 78.1 cm³/mol. The van der Waals surface area contributed by atoms with E-state index < -0.39 is 0 Å². The van der Waals surface area contributed by atoms with Gasteiger partial charge < -0.3 is 10.3 Å². The number of nitrogens with one attached hydrogen (secondary N) is 1. The maximum atomic E-state index is 5.46. The van der Waals surface area contributed by atoms with Gasteiger partial charge in [0.1, 0.15) is 18.0 Å². The first-order valence-electron chi connectivity index (χ1n) is 6.71. The van der Waals surface area contributed by atoms with E-state index in [1.54, 1.807) is 6.33 Å². The molecule has 0 radical (unpaired) electrons. The zero-order valence-corrected chi connectivity index (χ0v) is 12.3. The number of nitrogen functional groups attached to an aromatic ring is 1. The molecule has 0 saturated carbocycles. The summed E-state index contributed by atoms with van der Waals surface area (Å²) >= 11 is 0. The Morgan fingerprint density at radius 3 is 2.32 bits per heavy atom. The molecule has 2 rings (SSSR count). The average molecular weight is 264 g/mol. The molecule has 3 N–H and O–H groups in total. The Bertz CT molecular complexity index is 431. The zero-order valence-electron chi connectivity index (χ0n) is 12.3. The second-order valence-electron chi connectivity index (χ2n) is 5.96. The third-order valence-electron chi connectivity index (χ3n) is 3.72. The van der Waals surface area contributed by atoms with E-state index >= 15 is 0 Å². The lowest BCUT2D eigenvalue weighted by atomic mass is 10.0. The van der Waals surface area contributed by atoms with Crippen LogP contribution >= 0.6 is 0 Å². The molecule has 0 aromatic carbocycles. The summed E-state index contributed by atoms with van der Waals surface area (Å²) in [5.41, 5.74) is 3.86. The van der Waals surface area contributed by atoms with Crippen LogP contribution in [0.1, 0.15) is 26.3 Å². The van der Waals surface area contributed by atoms with Gasteiger partial charge in [-0.1, -0.05) is 0 Å². The lowest BCUT2D eigenvalue weighted by Gasteiger charge is -2.42. The SMILES string of the molecule is Cc1c(NN)ncnc1N1CCN(C(C)(C)C)CC1. The van der Waals surface area contributed by atoms with Crippen molar-refractivity contribution in [1.29, 1.82) is 0 Å². The van der Waals surface area contributed by atoms with Gasteiger partial charge in [0.25, 0.3) is 0 Å². The van der Waals surface area contributed by atoms with E-state index in [1.807, 2.05) is 6.92 Å². The Morgan fingerprint density at radius 2 is 1.79 bits per heavy atom. The molecule has 6 nitrogen and oxygen atoms in total. The van der Waals surface area contributed by atoms with E-state index in [-0.39, 0.29) is 5.54 Å². The third-order valence-corrected chi connectivity index (χ3v) is 3.72. The van der Waals surface area contributed by atoms with E-state index in [1.165, 1.54) is 0 Å². The molecule has 0 aliphatic carbocycles. The highest BCUT2D eigenvalue weighted by atomic mass is 15.3. The van der Waals surface area contributed by atoms with Crippen LogP contribution < -0.4 is 16.2 Å². The van der Waals surface area contributed by atoms with E-state index in [4.69, 9.17) is 5.84 Å². The van der Waals surface area contributed by atoms with Gasteiger partial charge >= 0.3 is 0 Å². The number of rotatable bonds is 2. The van der Waals surface area contributed by atoms with E-state index in [0.29, 0.717) is 5.82 Å². The Kier molecular flexibility index (Phi) is 3.91. The fourth-order valence-electron chi connectivity index (χ4n) is 2.49. The van der Waals surface area contributed by atoms with E-state index in [0.717, 1.165) is 37.6 Å². The Morgan fingerprint density at radius 1 is 1.16 bits per heavy atom. The topological polar surface area (TPSA) is 70.3 Å². The van der Waals surface area contributed by atoms with Gasteiger partial charge in [-0.3, -0.25) is 4.90 Å². The summed E-state index contributed by atoms with van der Waals surface area (Å²) in [6.45, 7) is 12.9. The summed E-state index contributed by atoms with van der Waals surface area (Å²) in [6, 6.07) is 0. The van der Waals surface area contributed by atoms with Crippen molar-refractivity contribution in [3.63, 3.8) is 0 Å². The largest absolute Gasteiger partial charge is 0.354 e. The molecule has 1 aromatic heterocycles. The summed E-state index contributed by atoms with van der Waals surface area (Å²) in [5, 5.41) is 0. The quantitative estimate of drug-likeness (QED) is 0.613. The van der Waals surface area contributed by atoms with Crippen LogP contribution in [-0.4, -0.2) is 46.6 Å². The van der Waals surface area contributed by atoms with E-state index in [9.17, 15) is 0 Å². The molecular weight excluding hydrogens is 240 g/mol. The van der Waals surface area contributed by atoms with Crippen LogP contribution in [0.4, 0.5) is 11.6 Å². The number of hydrazine groups is 1. The molecule has 1 fully saturated rings. The number of aromatic nitrogens is 2. The predicted octanol–water partition coefficient (Wildman–Crippen LogP) is 0.991. The van der Waals surface area contributed by atoms with Crippen molar-refractivity contribution in [2.75, 3.05) is 36.5 Å². The number of nitrogens with two attached hydrogens (primary N) is 1. The number of hydrogen-bond acceptors (Lipinski definition) is 6. The normalized spacial score (nSPS) is 17.6. The number of hydrogen-bond donors (Lipinski definition) is 2. The van der Waals surface area contributed by atoms with Gasteiger partial charge in [0, 0.05) is 37.3 Å². The van der Waals surface area contributed by atoms with Crippen LogP contribution in [0.3, 0.4) is 0 Å². The molecule has 1 aliphatic rings. The van der Waals surface area contributed by atoms with Crippen LogP contribution in [0.5, 0.6) is 0 Å². The van der Waals surface area contributed by atoms with E-state index in [2.05, 4.69) is 46.0 Å². The second kappa shape index (κ2) is 5.30. The molecule has 0 spiro atoms. The first-order valence-corrected chi connectivity index (χ1v) is 6.71. The lowest BCUT2D eigenvalue weighted by molar-refractivity contribution is 0.128. The minimum atomic E-state index is 0.233. The Hall–Kier alpha value is -1.40. The molecule has 0 bridgehead atoms. The van der Waals surface area contributed by atoms with Gasteiger partial charge in [-0.15, -0.1) is 0 Å². The van der Waals surface area contributed by atoms with Crippen molar-refractivity contribution in [1.82, 2.24) is 14.9 Å².